The van der Waals surface area contributed by atoms with Gasteiger partial charge in [-0.1, -0.05) is 6.07 Å². The van der Waals surface area contributed by atoms with Gasteiger partial charge in [-0.05, 0) is 30.7 Å². The van der Waals surface area contributed by atoms with Crippen molar-refractivity contribution in [2.75, 3.05) is 6.54 Å². The SMILES string of the molecule is N#Cc1ccc(C(O)C(O)CCN)cc1C(F)(F)F. The van der Waals surface area contributed by atoms with Crippen LogP contribution in [0.2, 0.25) is 0 Å². The monoisotopic (exact) mass is 274 g/mol. The van der Waals surface area contributed by atoms with E-state index in [1.54, 1.807) is 0 Å². The first-order valence-electron chi connectivity index (χ1n) is 5.48. The summed E-state index contributed by atoms with van der Waals surface area (Å²) in [4.78, 5) is 0. The van der Waals surface area contributed by atoms with Crippen LogP contribution < -0.4 is 5.73 Å². The van der Waals surface area contributed by atoms with Gasteiger partial charge in [0.25, 0.3) is 0 Å². The minimum Gasteiger partial charge on any atom is -0.390 e. The largest absolute Gasteiger partial charge is 0.417 e. The summed E-state index contributed by atoms with van der Waals surface area (Å²) in [5.74, 6) is 0. The Morgan fingerprint density at radius 2 is 1.95 bits per heavy atom. The van der Waals surface area contributed by atoms with Crippen molar-refractivity contribution in [2.24, 2.45) is 5.73 Å². The highest BCUT2D eigenvalue weighted by atomic mass is 19.4. The van der Waals surface area contributed by atoms with E-state index in [-0.39, 0.29) is 18.5 Å². The minimum atomic E-state index is -4.69. The molecule has 0 aliphatic heterocycles. The Labute approximate surface area is 107 Å². The number of nitrogens with zero attached hydrogens (tertiary/aromatic N) is 1. The van der Waals surface area contributed by atoms with Crippen molar-refractivity contribution in [2.45, 2.75) is 24.8 Å². The number of alkyl halides is 3. The molecule has 1 aromatic rings. The third-order valence-electron chi connectivity index (χ3n) is 2.64. The molecule has 4 nitrogen and oxygen atoms in total. The summed E-state index contributed by atoms with van der Waals surface area (Å²) in [6, 6.07) is 4.26. The van der Waals surface area contributed by atoms with Gasteiger partial charge in [0.15, 0.2) is 0 Å². The molecule has 4 N–H and O–H groups in total. The minimum absolute atomic E-state index is 0.0581. The summed E-state index contributed by atoms with van der Waals surface area (Å²) in [7, 11) is 0. The third-order valence-corrected chi connectivity index (χ3v) is 2.64. The lowest BCUT2D eigenvalue weighted by Gasteiger charge is -2.19. The first-order chi connectivity index (χ1) is 8.81. The summed E-state index contributed by atoms with van der Waals surface area (Å²) >= 11 is 0. The van der Waals surface area contributed by atoms with Crippen LogP contribution in [0.1, 0.15) is 29.2 Å². The van der Waals surface area contributed by atoms with Gasteiger partial charge in [-0.3, -0.25) is 0 Å². The highest BCUT2D eigenvalue weighted by Gasteiger charge is 2.34. The molecule has 104 valence electrons. The normalized spacial score (nSPS) is 14.8. The molecule has 0 saturated carbocycles. The van der Waals surface area contributed by atoms with Crippen LogP contribution in [0.5, 0.6) is 0 Å². The smallest absolute Gasteiger partial charge is 0.390 e. The van der Waals surface area contributed by atoms with Crippen molar-refractivity contribution in [3.05, 3.63) is 34.9 Å². The van der Waals surface area contributed by atoms with E-state index in [4.69, 9.17) is 11.0 Å². The van der Waals surface area contributed by atoms with Gasteiger partial charge >= 0.3 is 6.18 Å². The molecule has 0 heterocycles. The predicted octanol–water partition coefficient (Wildman–Crippen LogP) is 1.32. The number of nitriles is 1. The van der Waals surface area contributed by atoms with E-state index in [9.17, 15) is 23.4 Å². The third kappa shape index (κ3) is 3.67. The quantitative estimate of drug-likeness (QED) is 0.772. The Hall–Kier alpha value is -1.62. The van der Waals surface area contributed by atoms with Crippen molar-refractivity contribution < 1.29 is 23.4 Å². The summed E-state index contributed by atoms with van der Waals surface area (Å²) in [5, 5.41) is 27.9. The van der Waals surface area contributed by atoms with E-state index in [0.717, 1.165) is 6.07 Å². The van der Waals surface area contributed by atoms with Crippen LogP contribution in [0.4, 0.5) is 13.2 Å². The number of hydrogen-bond acceptors (Lipinski definition) is 4. The summed E-state index contributed by atoms with van der Waals surface area (Å²) in [6.07, 6.45) is -7.36. The van der Waals surface area contributed by atoms with Crippen molar-refractivity contribution in [3.63, 3.8) is 0 Å². The van der Waals surface area contributed by atoms with Gasteiger partial charge in [0.05, 0.1) is 23.3 Å². The molecule has 0 aliphatic carbocycles. The van der Waals surface area contributed by atoms with E-state index in [1.165, 1.54) is 12.1 Å². The standard InChI is InChI=1S/C12H13F3N2O2/c13-12(14,15)9-5-7(1-2-8(9)6-17)11(19)10(18)3-4-16/h1-2,5,10-11,18-19H,3-4,16H2. The molecule has 0 fully saturated rings. The Bertz CT molecular complexity index is 483. The van der Waals surface area contributed by atoms with Crippen LogP contribution in [0.15, 0.2) is 18.2 Å². The second-order valence-corrected chi connectivity index (χ2v) is 4.00. The Morgan fingerprint density at radius 3 is 2.42 bits per heavy atom. The fourth-order valence-corrected chi connectivity index (χ4v) is 1.63. The Balaban J connectivity index is 3.16. The van der Waals surface area contributed by atoms with Crippen LogP contribution in [-0.4, -0.2) is 22.9 Å². The molecule has 0 aliphatic rings. The fourth-order valence-electron chi connectivity index (χ4n) is 1.63. The van der Waals surface area contributed by atoms with E-state index >= 15 is 0 Å². The molecule has 7 heteroatoms. The van der Waals surface area contributed by atoms with E-state index in [2.05, 4.69) is 0 Å². The van der Waals surface area contributed by atoms with Crippen LogP contribution in [0, 0.1) is 11.3 Å². The maximum absolute atomic E-state index is 12.7. The number of benzene rings is 1. The molecule has 0 saturated heterocycles. The van der Waals surface area contributed by atoms with Gasteiger partial charge in [0.2, 0.25) is 0 Å². The van der Waals surface area contributed by atoms with Gasteiger partial charge < -0.3 is 15.9 Å². The van der Waals surface area contributed by atoms with E-state index in [1.807, 2.05) is 0 Å². The van der Waals surface area contributed by atoms with Gasteiger partial charge in [0.1, 0.15) is 6.10 Å². The van der Waals surface area contributed by atoms with E-state index < -0.39 is 29.5 Å². The zero-order valence-corrected chi connectivity index (χ0v) is 9.85. The fraction of sp³-hybridized carbons (Fsp3) is 0.417. The second kappa shape index (κ2) is 6.02. The molecule has 1 rings (SSSR count). The Morgan fingerprint density at radius 1 is 1.32 bits per heavy atom. The average Bonchev–Trinajstić information content (AvgIpc) is 2.36. The molecular formula is C12H13F3N2O2. The molecule has 1 aromatic carbocycles. The van der Waals surface area contributed by atoms with Crippen LogP contribution in [-0.2, 0) is 6.18 Å². The lowest BCUT2D eigenvalue weighted by Crippen LogP contribution is -2.22. The number of halogens is 3. The second-order valence-electron chi connectivity index (χ2n) is 4.00. The number of aliphatic hydroxyl groups excluding tert-OH is 2. The molecule has 2 unspecified atom stereocenters. The number of hydrogen-bond donors (Lipinski definition) is 3. The molecule has 19 heavy (non-hydrogen) atoms. The molecule has 0 bridgehead atoms. The van der Waals surface area contributed by atoms with Crippen LogP contribution in [0.3, 0.4) is 0 Å². The van der Waals surface area contributed by atoms with Crippen LogP contribution in [0.25, 0.3) is 0 Å². The van der Waals surface area contributed by atoms with Gasteiger partial charge in [-0.2, -0.15) is 18.4 Å². The first kappa shape index (κ1) is 15.4. The topological polar surface area (TPSA) is 90.3 Å². The molecule has 0 aromatic heterocycles. The summed E-state index contributed by atoms with van der Waals surface area (Å²) in [6.45, 7) is 0.0979. The molecular weight excluding hydrogens is 261 g/mol. The van der Waals surface area contributed by atoms with Gasteiger partial charge in [-0.15, -0.1) is 0 Å². The summed E-state index contributed by atoms with van der Waals surface area (Å²) in [5.41, 5.74) is 3.43. The zero-order chi connectivity index (χ0) is 14.6. The van der Waals surface area contributed by atoms with Gasteiger partial charge in [0, 0.05) is 0 Å². The molecule has 0 amide bonds. The molecule has 0 spiro atoms. The first-order valence-corrected chi connectivity index (χ1v) is 5.48. The van der Waals surface area contributed by atoms with Crippen molar-refractivity contribution in [1.82, 2.24) is 0 Å². The van der Waals surface area contributed by atoms with Gasteiger partial charge in [-0.25, -0.2) is 0 Å². The summed E-state index contributed by atoms with van der Waals surface area (Å²) < 4.78 is 38.1. The van der Waals surface area contributed by atoms with E-state index in [0.29, 0.717) is 6.07 Å². The number of rotatable bonds is 4. The highest BCUT2D eigenvalue weighted by molar-refractivity contribution is 5.42. The molecule has 0 radical (unpaired) electrons. The zero-order valence-electron chi connectivity index (χ0n) is 9.85. The number of aliphatic hydroxyl groups is 2. The van der Waals surface area contributed by atoms with Crippen molar-refractivity contribution in [1.29, 1.82) is 5.26 Å². The maximum atomic E-state index is 12.7. The average molecular weight is 274 g/mol. The number of nitrogens with two attached hydrogens (primary N) is 1. The highest BCUT2D eigenvalue weighted by Crippen LogP contribution is 2.34. The maximum Gasteiger partial charge on any atom is 0.417 e. The Kier molecular flexibility index (Phi) is 4.89. The lowest BCUT2D eigenvalue weighted by molar-refractivity contribution is -0.137. The lowest BCUT2D eigenvalue weighted by atomic mass is 9.97. The predicted molar refractivity (Wildman–Crippen MR) is 60.8 cm³/mol. The molecule has 2 atom stereocenters. The van der Waals surface area contributed by atoms with Crippen LogP contribution >= 0.6 is 0 Å². The van der Waals surface area contributed by atoms with Crippen molar-refractivity contribution >= 4 is 0 Å². The van der Waals surface area contributed by atoms with Crippen molar-refractivity contribution in [3.8, 4) is 6.07 Å².